The van der Waals surface area contributed by atoms with Crippen LogP contribution >= 0.6 is 23.2 Å². The van der Waals surface area contributed by atoms with Gasteiger partial charge in [0, 0.05) is 17.1 Å². The maximum Gasteiger partial charge on any atom is 0.322 e. The summed E-state index contributed by atoms with van der Waals surface area (Å²) in [7, 11) is 0. The molecule has 0 bridgehead atoms. The van der Waals surface area contributed by atoms with Gasteiger partial charge in [-0.1, -0.05) is 29.3 Å². The molecule has 0 saturated heterocycles. The third-order valence-electron chi connectivity index (χ3n) is 3.10. The van der Waals surface area contributed by atoms with E-state index in [0.29, 0.717) is 21.4 Å². The van der Waals surface area contributed by atoms with Gasteiger partial charge in [-0.2, -0.15) is 5.10 Å². The van der Waals surface area contributed by atoms with Gasteiger partial charge in [0.2, 0.25) is 0 Å². The molecule has 1 aromatic carbocycles. The number of nitrogens with one attached hydrogen (secondary N) is 2. The van der Waals surface area contributed by atoms with Crippen molar-refractivity contribution in [2.24, 2.45) is 0 Å². The summed E-state index contributed by atoms with van der Waals surface area (Å²) in [5.74, 6) is -0.584. The summed E-state index contributed by atoms with van der Waals surface area (Å²) in [6.45, 7) is -0.248. The van der Waals surface area contributed by atoms with Crippen LogP contribution in [0.4, 0.5) is 5.82 Å². The van der Waals surface area contributed by atoms with E-state index in [2.05, 4.69) is 20.5 Å². The first-order valence-electron chi connectivity index (χ1n) is 6.30. The summed E-state index contributed by atoms with van der Waals surface area (Å²) in [5.41, 5.74) is 2.16. The molecule has 0 saturated carbocycles. The van der Waals surface area contributed by atoms with Crippen molar-refractivity contribution in [1.82, 2.24) is 15.2 Å². The zero-order valence-corrected chi connectivity index (χ0v) is 12.6. The zero-order valence-electron chi connectivity index (χ0n) is 11.1. The number of rotatable bonds is 4. The number of hydrogen-bond donors (Lipinski definition) is 3. The molecular formula is C14H10Cl2N4O2. The molecule has 0 aliphatic heterocycles. The van der Waals surface area contributed by atoms with Crippen molar-refractivity contribution >= 4 is 45.9 Å². The molecule has 2 heterocycles. The van der Waals surface area contributed by atoms with Crippen LogP contribution in [0.5, 0.6) is 0 Å². The van der Waals surface area contributed by atoms with Gasteiger partial charge in [0.15, 0.2) is 0 Å². The van der Waals surface area contributed by atoms with E-state index in [0.717, 1.165) is 16.5 Å². The number of H-pyrrole nitrogens is 1. The highest BCUT2D eigenvalue weighted by Crippen LogP contribution is 2.36. The van der Waals surface area contributed by atoms with Gasteiger partial charge in [0.05, 0.1) is 21.8 Å². The number of carboxylic acids is 1. The van der Waals surface area contributed by atoms with Crippen molar-refractivity contribution in [3.63, 3.8) is 0 Å². The molecule has 0 radical (unpaired) electrons. The van der Waals surface area contributed by atoms with E-state index in [1.165, 1.54) is 0 Å². The van der Waals surface area contributed by atoms with Gasteiger partial charge in [-0.3, -0.25) is 9.89 Å². The van der Waals surface area contributed by atoms with Gasteiger partial charge >= 0.3 is 5.97 Å². The van der Waals surface area contributed by atoms with Gasteiger partial charge < -0.3 is 10.4 Å². The normalized spacial score (nSPS) is 10.8. The van der Waals surface area contributed by atoms with Crippen LogP contribution in [0.3, 0.4) is 0 Å². The minimum Gasteiger partial charge on any atom is -0.480 e. The Morgan fingerprint density at radius 3 is 2.86 bits per heavy atom. The van der Waals surface area contributed by atoms with Crippen molar-refractivity contribution in [2.75, 3.05) is 11.9 Å². The molecule has 0 atom stereocenters. The third-order valence-corrected chi connectivity index (χ3v) is 3.90. The van der Waals surface area contributed by atoms with E-state index in [1.807, 2.05) is 6.07 Å². The molecule has 0 amide bonds. The topological polar surface area (TPSA) is 90.9 Å². The standard InChI is InChI=1S/C14H10Cl2N4O2/c15-10-2-1-8-9(7-4-18-19-5-7)3-11(17-6-12(21)22)20-14(8)13(10)16/h1-5H,6H2,(H,17,20)(H,18,19)(H,21,22). The molecular weight excluding hydrogens is 327 g/mol. The quantitative estimate of drug-likeness (QED) is 0.678. The number of anilines is 1. The molecule has 112 valence electrons. The second kappa shape index (κ2) is 5.82. The molecule has 0 unspecified atom stereocenters. The van der Waals surface area contributed by atoms with Crippen LogP contribution in [-0.2, 0) is 4.79 Å². The average Bonchev–Trinajstić information content (AvgIpc) is 3.02. The lowest BCUT2D eigenvalue weighted by Gasteiger charge is -2.11. The van der Waals surface area contributed by atoms with E-state index in [1.54, 1.807) is 24.5 Å². The number of nitrogens with zero attached hydrogens (tertiary/aromatic N) is 2. The fraction of sp³-hybridized carbons (Fsp3) is 0.0714. The lowest BCUT2D eigenvalue weighted by molar-refractivity contribution is -0.134. The number of aliphatic carboxylic acids is 1. The van der Waals surface area contributed by atoms with E-state index < -0.39 is 5.97 Å². The molecule has 8 heteroatoms. The second-order valence-corrected chi connectivity index (χ2v) is 5.33. The number of benzene rings is 1. The first-order valence-corrected chi connectivity index (χ1v) is 7.05. The van der Waals surface area contributed by atoms with Crippen LogP contribution in [0, 0.1) is 0 Å². The molecule has 0 spiro atoms. The number of pyridine rings is 1. The number of aromatic nitrogens is 3. The molecule has 0 fully saturated rings. The van der Waals surface area contributed by atoms with E-state index in [-0.39, 0.29) is 6.54 Å². The predicted octanol–water partition coefficient (Wildman–Crippen LogP) is 3.43. The Hall–Kier alpha value is -2.31. The lowest BCUT2D eigenvalue weighted by Crippen LogP contribution is -2.13. The fourth-order valence-corrected chi connectivity index (χ4v) is 2.49. The molecule has 3 aromatic rings. The SMILES string of the molecule is O=C(O)CNc1cc(-c2cn[nH]c2)c2ccc(Cl)c(Cl)c2n1. The molecule has 0 aliphatic carbocycles. The lowest BCUT2D eigenvalue weighted by atomic mass is 10.0. The van der Waals surface area contributed by atoms with Crippen LogP contribution in [0.1, 0.15) is 0 Å². The third kappa shape index (κ3) is 2.70. The number of carboxylic acid groups (broad SMARTS) is 1. The highest BCUT2D eigenvalue weighted by molar-refractivity contribution is 6.45. The van der Waals surface area contributed by atoms with E-state index >= 15 is 0 Å². The van der Waals surface area contributed by atoms with Gasteiger partial charge in [0.1, 0.15) is 12.4 Å². The highest BCUT2D eigenvalue weighted by Gasteiger charge is 2.13. The minimum atomic E-state index is -0.982. The number of halogens is 2. The summed E-state index contributed by atoms with van der Waals surface area (Å²) in [6, 6.07) is 5.27. The van der Waals surface area contributed by atoms with Crippen molar-refractivity contribution in [3.05, 3.63) is 40.6 Å². The predicted molar refractivity (Wildman–Crippen MR) is 85.5 cm³/mol. The minimum absolute atomic E-state index is 0.248. The Kier molecular flexibility index (Phi) is 3.87. The summed E-state index contributed by atoms with van der Waals surface area (Å²) in [5, 5.41) is 19.7. The van der Waals surface area contributed by atoms with Crippen molar-refractivity contribution in [3.8, 4) is 11.1 Å². The van der Waals surface area contributed by atoms with Gasteiger partial charge in [0.25, 0.3) is 0 Å². The van der Waals surface area contributed by atoms with Crippen molar-refractivity contribution in [1.29, 1.82) is 0 Å². The number of fused-ring (bicyclic) bond motifs is 1. The first-order chi connectivity index (χ1) is 10.6. The molecule has 22 heavy (non-hydrogen) atoms. The van der Waals surface area contributed by atoms with Crippen LogP contribution < -0.4 is 5.32 Å². The van der Waals surface area contributed by atoms with E-state index in [9.17, 15) is 4.79 Å². The number of aromatic amines is 1. The smallest absolute Gasteiger partial charge is 0.322 e. The van der Waals surface area contributed by atoms with Gasteiger partial charge in [-0.25, -0.2) is 4.98 Å². The van der Waals surface area contributed by atoms with Crippen molar-refractivity contribution in [2.45, 2.75) is 0 Å². The zero-order chi connectivity index (χ0) is 15.7. The summed E-state index contributed by atoms with van der Waals surface area (Å²) in [6.07, 6.45) is 3.40. The fourth-order valence-electron chi connectivity index (χ4n) is 2.13. The monoisotopic (exact) mass is 336 g/mol. The van der Waals surface area contributed by atoms with Gasteiger partial charge in [-0.05, 0) is 17.7 Å². The summed E-state index contributed by atoms with van der Waals surface area (Å²) in [4.78, 5) is 15.1. The average molecular weight is 337 g/mol. The van der Waals surface area contributed by atoms with Crippen molar-refractivity contribution < 1.29 is 9.90 Å². The Morgan fingerprint density at radius 1 is 1.36 bits per heavy atom. The Balaban J connectivity index is 2.22. The van der Waals surface area contributed by atoms with Gasteiger partial charge in [-0.15, -0.1) is 0 Å². The Labute approximate surface area is 135 Å². The number of hydrogen-bond acceptors (Lipinski definition) is 4. The van der Waals surface area contributed by atoms with Crippen LogP contribution in [-0.4, -0.2) is 32.8 Å². The largest absolute Gasteiger partial charge is 0.480 e. The molecule has 3 N–H and O–H groups in total. The highest BCUT2D eigenvalue weighted by atomic mass is 35.5. The molecule has 2 aromatic heterocycles. The second-order valence-electron chi connectivity index (χ2n) is 4.55. The van der Waals surface area contributed by atoms with Crippen LogP contribution in [0.15, 0.2) is 30.6 Å². The van der Waals surface area contributed by atoms with Crippen LogP contribution in [0.25, 0.3) is 22.0 Å². The number of carbonyl (C=O) groups is 1. The summed E-state index contributed by atoms with van der Waals surface area (Å²) < 4.78 is 0. The molecule has 6 nitrogen and oxygen atoms in total. The van der Waals surface area contributed by atoms with E-state index in [4.69, 9.17) is 28.3 Å². The van der Waals surface area contributed by atoms with Crippen LogP contribution in [0.2, 0.25) is 10.0 Å². The molecule has 3 rings (SSSR count). The molecule has 0 aliphatic rings. The summed E-state index contributed by atoms with van der Waals surface area (Å²) >= 11 is 12.3. The first kappa shape index (κ1) is 14.6. The Bertz CT molecular complexity index is 850. The maximum atomic E-state index is 10.7. The Morgan fingerprint density at radius 2 is 2.18 bits per heavy atom. The maximum absolute atomic E-state index is 10.7.